The van der Waals surface area contributed by atoms with E-state index in [2.05, 4.69) is 15.5 Å². The lowest BCUT2D eigenvalue weighted by molar-refractivity contribution is -0.134. The van der Waals surface area contributed by atoms with Crippen LogP contribution in [-0.4, -0.2) is 47.0 Å². The predicted molar refractivity (Wildman–Crippen MR) is 77.6 cm³/mol. The zero-order valence-corrected chi connectivity index (χ0v) is 13.2. The summed E-state index contributed by atoms with van der Waals surface area (Å²) in [6, 6.07) is 0. The molecule has 0 aromatic carbocycles. The molecular formula is C14H24N4O3. The van der Waals surface area contributed by atoms with Crippen molar-refractivity contribution in [2.24, 2.45) is 0 Å². The molecule has 1 heterocycles. The summed E-state index contributed by atoms with van der Waals surface area (Å²) >= 11 is 0. The zero-order chi connectivity index (χ0) is 15.8. The number of hydrogen-bond donors (Lipinski definition) is 1. The smallest absolute Gasteiger partial charge is 0.239 e. The second-order valence-electron chi connectivity index (χ2n) is 5.30. The molecule has 21 heavy (non-hydrogen) atoms. The number of carbonyl (C=O) groups is 2. The first-order chi connectivity index (χ1) is 9.93. The van der Waals surface area contributed by atoms with Gasteiger partial charge in [-0.3, -0.25) is 9.59 Å². The third-order valence-electron chi connectivity index (χ3n) is 2.93. The number of nitrogens with zero attached hydrogens (tertiary/aromatic N) is 3. The highest BCUT2D eigenvalue weighted by atomic mass is 16.5. The van der Waals surface area contributed by atoms with Crippen LogP contribution in [0.15, 0.2) is 4.52 Å². The van der Waals surface area contributed by atoms with Crippen molar-refractivity contribution in [3.8, 4) is 0 Å². The number of amides is 2. The minimum Gasteiger partial charge on any atom is -0.355 e. The Morgan fingerprint density at radius 1 is 1.38 bits per heavy atom. The van der Waals surface area contributed by atoms with E-state index in [1.807, 2.05) is 20.8 Å². The van der Waals surface area contributed by atoms with E-state index >= 15 is 0 Å². The number of aromatic nitrogens is 2. The van der Waals surface area contributed by atoms with E-state index < -0.39 is 0 Å². The van der Waals surface area contributed by atoms with Gasteiger partial charge in [0.05, 0.1) is 6.54 Å². The number of rotatable bonds is 8. The van der Waals surface area contributed by atoms with E-state index in [9.17, 15) is 9.59 Å². The van der Waals surface area contributed by atoms with Crippen LogP contribution in [-0.2, 0) is 16.0 Å². The van der Waals surface area contributed by atoms with Crippen LogP contribution in [0.4, 0.5) is 0 Å². The van der Waals surface area contributed by atoms with Crippen molar-refractivity contribution >= 4 is 11.8 Å². The summed E-state index contributed by atoms with van der Waals surface area (Å²) in [5.74, 6) is 1.03. The number of hydrogen-bond acceptors (Lipinski definition) is 5. The third-order valence-corrected chi connectivity index (χ3v) is 2.93. The van der Waals surface area contributed by atoms with Crippen molar-refractivity contribution in [1.29, 1.82) is 0 Å². The molecule has 1 aromatic rings. The quantitative estimate of drug-likeness (QED) is 0.776. The van der Waals surface area contributed by atoms with Crippen LogP contribution in [0.3, 0.4) is 0 Å². The van der Waals surface area contributed by atoms with Crippen LogP contribution >= 0.6 is 0 Å². The second kappa shape index (κ2) is 8.39. The van der Waals surface area contributed by atoms with Crippen molar-refractivity contribution in [2.45, 2.75) is 46.0 Å². The molecule has 0 atom stereocenters. The van der Waals surface area contributed by atoms with Gasteiger partial charge in [-0.1, -0.05) is 25.9 Å². The summed E-state index contributed by atoms with van der Waals surface area (Å²) in [6.07, 6.45) is 1.51. The fraction of sp³-hybridized carbons (Fsp3) is 0.714. The molecule has 2 amide bonds. The lowest BCUT2D eigenvalue weighted by Crippen LogP contribution is -2.38. The largest absolute Gasteiger partial charge is 0.355 e. The molecule has 0 aliphatic rings. The Hall–Kier alpha value is -1.92. The van der Waals surface area contributed by atoms with Gasteiger partial charge in [0.2, 0.25) is 17.7 Å². The lowest BCUT2D eigenvalue weighted by Gasteiger charge is -2.16. The van der Waals surface area contributed by atoms with E-state index in [1.54, 1.807) is 7.05 Å². The van der Waals surface area contributed by atoms with Crippen molar-refractivity contribution < 1.29 is 14.1 Å². The molecule has 7 heteroatoms. The molecule has 0 saturated heterocycles. The standard InChI is InChI=1S/C14H24N4O3/c1-5-8-15-11(19)9-18(4)13(20)7-6-12-16-14(10(2)3)17-21-12/h10H,5-9H2,1-4H3,(H,15,19). The maximum atomic E-state index is 11.9. The molecule has 1 aromatic heterocycles. The molecule has 0 aliphatic carbocycles. The van der Waals surface area contributed by atoms with Gasteiger partial charge in [0.1, 0.15) is 0 Å². The van der Waals surface area contributed by atoms with E-state index in [4.69, 9.17) is 4.52 Å². The third kappa shape index (κ3) is 5.93. The van der Waals surface area contributed by atoms with Gasteiger partial charge < -0.3 is 14.7 Å². The number of nitrogens with one attached hydrogen (secondary N) is 1. The van der Waals surface area contributed by atoms with Crippen molar-refractivity contribution in [2.75, 3.05) is 20.1 Å². The first kappa shape index (κ1) is 17.1. The summed E-state index contributed by atoms with van der Waals surface area (Å²) in [5.41, 5.74) is 0. The fourth-order valence-corrected chi connectivity index (χ4v) is 1.63. The zero-order valence-electron chi connectivity index (χ0n) is 13.2. The molecule has 0 bridgehead atoms. The van der Waals surface area contributed by atoms with Crippen molar-refractivity contribution in [1.82, 2.24) is 20.4 Å². The van der Waals surface area contributed by atoms with Crippen LogP contribution in [0, 0.1) is 0 Å². The molecule has 0 radical (unpaired) electrons. The summed E-state index contributed by atoms with van der Waals surface area (Å²) in [5, 5.41) is 6.58. The molecule has 118 valence electrons. The van der Waals surface area contributed by atoms with Gasteiger partial charge in [-0.25, -0.2) is 0 Å². The van der Waals surface area contributed by atoms with Crippen LogP contribution < -0.4 is 5.32 Å². The van der Waals surface area contributed by atoms with Crippen LogP contribution in [0.2, 0.25) is 0 Å². The molecule has 0 aliphatic heterocycles. The number of likely N-dealkylation sites (N-methyl/N-ethyl adjacent to an activating group) is 1. The van der Waals surface area contributed by atoms with Gasteiger partial charge in [-0.05, 0) is 6.42 Å². The highest BCUT2D eigenvalue weighted by Gasteiger charge is 2.15. The van der Waals surface area contributed by atoms with E-state index in [-0.39, 0.29) is 30.7 Å². The van der Waals surface area contributed by atoms with Crippen LogP contribution in [0.25, 0.3) is 0 Å². The van der Waals surface area contributed by atoms with Crippen molar-refractivity contribution in [3.63, 3.8) is 0 Å². The summed E-state index contributed by atoms with van der Waals surface area (Å²) < 4.78 is 5.08. The SMILES string of the molecule is CCCNC(=O)CN(C)C(=O)CCc1nc(C(C)C)no1. The van der Waals surface area contributed by atoms with Gasteiger partial charge in [0.25, 0.3) is 0 Å². The van der Waals surface area contributed by atoms with Gasteiger partial charge in [-0.2, -0.15) is 4.98 Å². The Labute approximate surface area is 125 Å². The Bertz CT molecular complexity index is 471. The number of carbonyl (C=O) groups excluding carboxylic acids is 2. The molecule has 7 nitrogen and oxygen atoms in total. The maximum absolute atomic E-state index is 11.9. The summed E-state index contributed by atoms with van der Waals surface area (Å²) in [7, 11) is 1.61. The second-order valence-corrected chi connectivity index (χ2v) is 5.30. The Kier molecular flexibility index (Phi) is 6.84. The maximum Gasteiger partial charge on any atom is 0.239 e. The average molecular weight is 296 g/mol. The lowest BCUT2D eigenvalue weighted by atomic mass is 10.2. The topological polar surface area (TPSA) is 88.3 Å². The van der Waals surface area contributed by atoms with Gasteiger partial charge in [-0.15, -0.1) is 0 Å². The van der Waals surface area contributed by atoms with Gasteiger partial charge in [0, 0.05) is 32.4 Å². The normalized spacial score (nSPS) is 10.7. The fourth-order valence-electron chi connectivity index (χ4n) is 1.63. The molecule has 0 fully saturated rings. The summed E-state index contributed by atoms with van der Waals surface area (Å²) in [6.45, 7) is 6.62. The Balaban J connectivity index is 2.36. The predicted octanol–water partition coefficient (Wildman–Crippen LogP) is 1.11. The van der Waals surface area contributed by atoms with E-state index in [0.29, 0.717) is 24.7 Å². The van der Waals surface area contributed by atoms with Crippen molar-refractivity contribution in [3.05, 3.63) is 11.7 Å². The van der Waals surface area contributed by atoms with Gasteiger partial charge >= 0.3 is 0 Å². The molecule has 0 saturated carbocycles. The molecule has 1 N–H and O–H groups in total. The Morgan fingerprint density at radius 2 is 2.10 bits per heavy atom. The number of aryl methyl sites for hydroxylation is 1. The minimum absolute atomic E-state index is 0.0694. The van der Waals surface area contributed by atoms with E-state index in [0.717, 1.165) is 6.42 Å². The molecule has 0 spiro atoms. The molecule has 0 unspecified atom stereocenters. The highest BCUT2D eigenvalue weighted by Crippen LogP contribution is 2.10. The van der Waals surface area contributed by atoms with Gasteiger partial charge in [0.15, 0.2) is 5.82 Å². The molecule has 1 rings (SSSR count). The Morgan fingerprint density at radius 3 is 2.67 bits per heavy atom. The molecular weight excluding hydrogens is 272 g/mol. The highest BCUT2D eigenvalue weighted by molar-refractivity contribution is 5.84. The monoisotopic (exact) mass is 296 g/mol. The van der Waals surface area contributed by atoms with E-state index in [1.165, 1.54) is 4.90 Å². The average Bonchev–Trinajstić information content (AvgIpc) is 2.91. The first-order valence-electron chi connectivity index (χ1n) is 7.27. The van der Waals surface area contributed by atoms with Crippen LogP contribution in [0.5, 0.6) is 0 Å². The minimum atomic E-state index is -0.146. The van der Waals surface area contributed by atoms with Crippen LogP contribution in [0.1, 0.15) is 51.2 Å². The summed E-state index contributed by atoms with van der Waals surface area (Å²) in [4.78, 5) is 29.1. The first-order valence-corrected chi connectivity index (χ1v) is 7.27.